The van der Waals surface area contributed by atoms with Gasteiger partial charge in [-0.2, -0.15) is 0 Å². The molecule has 1 fully saturated rings. The average molecular weight is 625 g/mol. The van der Waals surface area contributed by atoms with Crippen LogP contribution in [0.3, 0.4) is 0 Å². The maximum atomic E-state index is 11.7. The SMILES string of the molecule is CCCCCCCCCCCC[C@H](O)[C@@H]1CC[C@H]([C@H](O)CCCCCC[C@@H](O)CCCCC[C@@H](O)CC2=C[C@H](C)OC2=O)O1. The minimum Gasteiger partial charge on any atom is -0.455 e. The quantitative estimate of drug-likeness (QED) is 0.0518. The number of cyclic esters (lactones) is 1. The first-order valence-electron chi connectivity index (χ1n) is 18.6. The van der Waals surface area contributed by atoms with Crippen LogP contribution in [0.25, 0.3) is 0 Å². The van der Waals surface area contributed by atoms with Crippen LogP contribution in [0.15, 0.2) is 11.6 Å². The first-order chi connectivity index (χ1) is 21.3. The predicted octanol–water partition coefficient (Wildman–Crippen LogP) is 7.84. The van der Waals surface area contributed by atoms with Crippen molar-refractivity contribution in [3.05, 3.63) is 11.6 Å². The standard InChI is InChI=1S/C37H68O7/c1-3-4-5-6-7-8-9-10-11-18-23-33(40)35-25-26-36(44-35)34(41)24-19-13-12-15-20-31(38)21-16-14-17-22-32(39)28-30-27-29(2)43-37(30)42/h27,29,31-36,38-41H,3-26,28H2,1-2H3/t29-,31+,32+,33-,34+,35-,36+/m0/s1. The van der Waals surface area contributed by atoms with Crippen LogP contribution < -0.4 is 0 Å². The Balaban J connectivity index is 1.38. The number of rotatable bonds is 28. The number of carbonyl (C=O) groups is 1. The molecule has 258 valence electrons. The Labute approximate surface area is 269 Å². The molecule has 7 heteroatoms. The second-order valence-electron chi connectivity index (χ2n) is 13.8. The van der Waals surface area contributed by atoms with Crippen LogP contribution in [0.2, 0.25) is 0 Å². The first kappa shape index (κ1) is 39.2. The normalized spacial score (nSPS) is 23.0. The maximum Gasteiger partial charge on any atom is 0.334 e. The van der Waals surface area contributed by atoms with Crippen molar-refractivity contribution >= 4 is 5.97 Å². The van der Waals surface area contributed by atoms with E-state index in [0.29, 0.717) is 18.4 Å². The predicted molar refractivity (Wildman–Crippen MR) is 177 cm³/mol. The average Bonchev–Trinajstić information content (AvgIpc) is 3.61. The van der Waals surface area contributed by atoms with Crippen molar-refractivity contribution in [3.63, 3.8) is 0 Å². The molecule has 2 heterocycles. The largest absolute Gasteiger partial charge is 0.455 e. The van der Waals surface area contributed by atoms with Gasteiger partial charge in [0, 0.05) is 12.0 Å². The fraction of sp³-hybridized carbons (Fsp3) is 0.919. The van der Waals surface area contributed by atoms with Crippen LogP contribution in [0.1, 0.15) is 174 Å². The summed E-state index contributed by atoms with van der Waals surface area (Å²) in [6, 6.07) is 0. The van der Waals surface area contributed by atoms with Crippen molar-refractivity contribution < 1.29 is 34.7 Å². The van der Waals surface area contributed by atoms with Gasteiger partial charge in [-0.1, -0.05) is 116 Å². The van der Waals surface area contributed by atoms with Crippen LogP contribution in [0.4, 0.5) is 0 Å². The second-order valence-corrected chi connectivity index (χ2v) is 13.8. The van der Waals surface area contributed by atoms with Gasteiger partial charge >= 0.3 is 5.97 Å². The number of unbranched alkanes of at least 4 members (excludes halogenated alkanes) is 14. The van der Waals surface area contributed by atoms with E-state index < -0.39 is 18.3 Å². The van der Waals surface area contributed by atoms with Crippen LogP contribution >= 0.6 is 0 Å². The Morgan fingerprint density at radius 1 is 0.636 bits per heavy atom. The minimum absolute atomic E-state index is 0.126. The third kappa shape index (κ3) is 17.6. The highest BCUT2D eigenvalue weighted by Gasteiger charge is 2.34. The molecule has 1 saturated heterocycles. The molecule has 0 aromatic heterocycles. The molecule has 0 aromatic carbocycles. The highest BCUT2D eigenvalue weighted by molar-refractivity contribution is 5.90. The first-order valence-corrected chi connectivity index (χ1v) is 18.6. The van der Waals surface area contributed by atoms with E-state index in [1.807, 2.05) is 6.92 Å². The molecule has 0 bridgehead atoms. The zero-order valence-electron chi connectivity index (χ0n) is 28.3. The number of aliphatic hydroxyl groups is 4. The summed E-state index contributed by atoms with van der Waals surface area (Å²) in [6.07, 6.45) is 25.3. The lowest BCUT2D eigenvalue weighted by Gasteiger charge is -2.22. The zero-order chi connectivity index (χ0) is 32.0. The van der Waals surface area contributed by atoms with Gasteiger partial charge in [0.2, 0.25) is 0 Å². The van der Waals surface area contributed by atoms with Gasteiger partial charge in [-0.3, -0.25) is 0 Å². The van der Waals surface area contributed by atoms with Crippen LogP contribution in [-0.2, 0) is 14.3 Å². The summed E-state index contributed by atoms with van der Waals surface area (Å²) >= 11 is 0. The lowest BCUT2D eigenvalue weighted by Crippen LogP contribution is -2.31. The van der Waals surface area contributed by atoms with Crippen LogP contribution in [0.5, 0.6) is 0 Å². The van der Waals surface area contributed by atoms with E-state index in [0.717, 1.165) is 89.9 Å². The van der Waals surface area contributed by atoms with Crippen molar-refractivity contribution in [1.82, 2.24) is 0 Å². The minimum atomic E-state index is -0.519. The van der Waals surface area contributed by atoms with E-state index in [-0.39, 0.29) is 30.4 Å². The van der Waals surface area contributed by atoms with Gasteiger partial charge in [0.15, 0.2) is 0 Å². The number of carbonyl (C=O) groups excluding carboxylic acids is 1. The van der Waals surface area contributed by atoms with E-state index >= 15 is 0 Å². The molecule has 0 unspecified atom stereocenters. The van der Waals surface area contributed by atoms with E-state index in [4.69, 9.17) is 9.47 Å². The van der Waals surface area contributed by atoms with Crippen molar-refractivity contribution in [1.29, 1.82) is 0 Å². The lowest BCUT2D eigenvalue weighted by atomic mass is 9.99. The fourth-order valence-corrected chi connectivity index (χ4v) is 6.77. The zero-order valence-corrected chi connectivity index (χ0v) is 28.3. The molecular weight excluding hydrogens is 556 g/mol. The molecule has 2 rings (SSSR count). The van der Waals surface area contributed by atoms with Gasteiger partial charge in [-0.05, 0) is 57.9 Å². The van der Waals surface area contributed by atoms with Crippen molar-refractivity contribution in [2.75, 3.05) is 0 Å². The Kier molecular flexibility index (Phi) is 21.6. The smallest absolute Gasteiger partial charge is 0.334 e. The topological polar surface area (TPSA) is 116 Å². The second kappa shape index (κ2) is 24.2. The summed E-state index contributed by atoms with van der Waals surface area (Å²) in [5.41, 5.74) is 0.584. The summed E-state index contributed by atoms with van der Waals surface area (Å²) in [6.45, 7) is 4.08. The molecule has 44 heavy (non-hydrogen) atoms. The summed E-state index contributed by atoms with van der Waals surface area (Å²) in [7, 11) is 0. The third-order valence-corrected chi connectivity index (χ3v) is 9.61. The molecule has 2 aliphatic rings. The van der Waals surface area contributed by atoms with Gasteiger partial charge < -0.3 is 29.9 Å². The van der Waals surface area contributed by atoms with Crippen LogP contribution in [0, 0.1) is 0 Å². The molecule has 0 spiro atoms. The number of esters is 1. The Morgan fingerprint density at radius 3 is 1.50 bits per heavy atom. The molecule has 0 radical (unpaired) electrons. The summed E-state index contributed by atoms with van der Waals surface area (Å²) in [5, 5.41) is 41.7. The summed E-state index contributed by atoms with van der Waals surface area (Å²) < 4.78 is 11.1. The van der Waals surface area contributed by atoms with Crippen molar-refractivity contribution in [2.45, 2.75) is 217 Å². The molecule has 2 aliphatic heterocycles. The van der Waals surface area contributed by atoms with Crippen molar-refractivity contribution in [2.24, 2.45) is 0 Å². The van der Waals surface area contributed by atoms with Gasteiger partial charge in [0.25, 0.3) is 0 Å². The van der Waals surface area contributed by atoms with E-state index in [1.54, 1.807) is 6.08 Å². The monoisotopic (exact) mass is 624 g/mol. The van der Waals surface area contributed by atoms with E-state index in [1.165, 1.54) is 57.8 Å². The number of hydrogen-bond acceptors (Lipinski definition) is 7. The Bertz CT molecular complexity index is 756. The maximum absolute atomic E-state index is 11.7. The molecule has 0 amide bonds. The number of aliphatic hydroxyl groups excluding tert-OH is 4. The van der Waals surface area contributed by atoms with Crippen LogP contribution in [-0.4, -0.2) is 69.1 Å². The molecular formula is C37H68O7. The summed E-state index contributed by atoms with van der Waals surface area (Å²) in [4.78, 5) is 11.7. The molecule has 7 nitrogen and oxygen atoms in total. The summed E-state index contributed by atoms with van der Waals surface area (Å²) in [5.74, 6) is -0.308. The Morgan fingerprint density at radius 2 is 1.05 bits per heavy atom. The third-order valence-electron chi connectivity index (χ3n) is 9.61. The number of ether oxygens (including phenoxy) is 2. The van der Waals surface area contributed by atoms with Gasteiger partial charge in [0.1, 0.15) is 6.10 Å². The fourth-order valence-electron chi connectivity index (χ4n) is 6.77. The van der Waals surface area contributed by atoms with Crippen molar-refractivity contribution in [3.8, 4) is 0 Å². The van der Waals surface area contributed by atoms with E-state index in [2.05, 4.69) is 6.92 Å². The molecule has 0 aromatic rings. The molecule has 0 saturated carbocycles. The lowest BCUT2D eigenvalue weighted by molar-refractivity contribution is -0.139. The van der Waals surface area contributed by atoms with Gasteiger partial charge in [-0.15, -0.1) is 0 Å². The van der Waals surface area contributed by atoms with Gasteiger partial charge in [0.05, 0.1) is 36.6 Å². The molecule has 0 aliphatic carbocycles. The molecule has 4 N–H and O–H groups in total. The Hall–Kier alpha value is -0.990. The molecule has 7 atom stereocenters. The van der Waals surface area contributed by atoms with E-state index in [9.17, 15) is 25.2 Å². The number of hydrogen-bond donors (Lipinski definition) is 4. The highest BCUT2D eigenvalue weighted by atomic mass is 16.5. The van der Waals surface area contributed by atoms with Gasteiger partial charge in [-0.25, -0.2) is 4.79 Å². The highest BCUT2D eigenvalue weighted by Crippen LogP contribution is 2.28.